The molecule has 0 saturated carbocycles. The van der Waals surface area contributed by atoms with E-state index >= 15 is 0 Å². The molecule has 3 heterocycles. The van der Waals surface area contributed by atoms with E-state index in [4.69, 9.17) is 0 Å². The third-order valence-electron chi connectivity index (χ3n) is 6.03. The Labute approximate surface area is 171 Å². The summed E-state index contributed by atoms with van der Waals surface area (Å²) in [4.78, 5) is 34.1. The molecule has 7 nitrogen and oxygen atoms in total. The molecule has 154 valence electrons. The predicted molar refractivity (Wildman–Crippen MR) is 110 cm³/mol. The third kappa shape index (κ3) is 3.79. The highest BCUT2D eigenvalue weighted by atomic mass is 16.2. The molecule has 1 atom stereocenters. The summed E-state index contributed by atoms with van der Waals surface area (Å²) in [6.07, 6.45) is 3.41. The van der Waals surface area contributed by atoms with Crippen molar-refractivity contribution in [3.8, 4) is 0 Å². The van der Waals surface area contributed by atoms with Gasteiger partial charge in [0.2, 0.25) is 5.91 Å². The van der Waals surface area contributed by atoms with E-state index < -0.39 is 0 Å². The van der Waals surface area contributed by atoms with Crippen molar-refractivity contribution < 1.29 is 9.59 Å². The number of hydrogen-bond acceptors (Lipinski definition) is 4. The van der Waals surface area contributed by atoms with E-state index in [-0.39, 0.29) is 29.2 Å². The summed E-state index contributed by atoms with van der Waals surface area (Å²) in [6, 6.07) is 10.4. The molecule has 2 aliphatic heterocycles. The zero-order valence-electron chi connectivity index (χ0n) is 17.3. The first-order valence-corrected chi connectivity index (χ1v) is 10.2. The number of hydrogen-bond donors (Lipinski definition) is 1. The Hall–Kier alpha value is -2.67. The van der Waals surface area contributed by atoms with Crippen LogP contribution in [0.2, 0.25) is 0 Å². The summed E-state index contributed by atoms with van der Waals surface area (Å²) in [7, 11) is 1.83. The highest BCUT2D eigenvalue weighted by Crippen LogP contribution is 2.45. The van der Waals surface area contributed by atoms with Crippen molar-refractivity contribution >= 4 is 11.8 Å². The number of nitrogens with one attached hydrogen (secondary N) is 1. The summed E-state index contributed by atoms with van der Waals surface area (Å²) in [6.45, 7) is 7.53. The maximum Gasteiger partial charge on any atom is 0.289 e. The average Bonchev–Trinajstić information content (AvgIpc) is 3.24. The number of benzene rings is 1. The Morgan fingerprint density at radius 3 is 2.55 bits per heavy atom. The van der Waals surface area contributed by atoms with E-state index in [9.17, 15) is 9.59 Å². The largest absolute Gasteiger partial charge is 0.354 e. The van der Waals surface area contributed by atoms with Crippen LogP contribution in [0.5, 0.6) is 0 Å². The smallest absolute Gasteiger partial charge is 0.289 e. The number of carbonyl (C=O) groups is 2. The zero-order valence-corrected chi connectivity index (χ0v) is 17.3. The lowest BCUT2D eigenvalue weighted by molar-refractivity contribution is -0.131. The minimum absolute atomic E-state index is 0.0624. The summed E-state index contributed by atoms with van der Waals surface area (Å²) >= 11 is 0. The van der Waals surface area contributed by atoms with Crippen LogP contribution in [0.3, 0.4) is 0 Å². The van der Waals surface area contributed by atoms with Gasteiger partial charge in [-0.1, -0.05) is 30.3 Å². The van der Waals surface area contributed by atoms with E-state index in [2.05, 4.69) is 27.3 Å². The number of aromatic nitrogens is 2. The van der Waals surface area contributed by atoms with Crippen LogP contribution in [0.15, 0.2) is 42.7 Å². The number of rotatable bonds is 5. The highest BCUT2D eigenvalue weighted by Gasteiger charge is 2.58. The fourth-order valence-corrected chi connectivity index (χ4v) is 4.67. The summed E-state index contributed by atoms with van der Waals surface area (Å²) in [5.74, 6) is 0.369. The molecule has 0 aliphatic carbocycles. The van der Waals surface area contributed by atoms with Crippen LogP contribution in [-0.2, 0) is 18.4 Å². The lowest BCUT2D eigenvalue weighted by atomic mass is 9.71. The fourth-order valence-electron chi connectivity index (χ4n) is 4.67. The second-order valence-electron chi connectivity index (χ2n) is 8.76. The van der Waals surface area contributed by atoms with Gasteiger partial charge in [-0.05, 0) is 19.4 Å². The van der Waals surface area contributed by atoms with Crippen molar-refractivity contribution in [2.75, 3.05) is 26.2 Å². The minimum Gasteiger partial charge on any atom is -0.354 e. The summed E-state index contributed by atoms with van der Waals surface area (Å²) < 4.78 is 1.74. The van der Waals surface area contributed by atoms with Gasteiger partial charge in [-0.25, -0.2) is 4.98 Å². The van der Waals surface area contributed by atoms with Gasteiger partial charge < -0.3 is 14.8 Å². The number of carbonyl (C=O) groups excluding carboxylic acids is 2. The lowest BCUT2D eigenvalue weighted by Gasteiger charge is -2.50. The first kappa shape index (κ1) is 19.6. The lowest BCUT2D eigenvalue weighted by Crippen LogP contribution is -2.64. The van der Waals surface area contributed by atoms with E-state index in [0.717, 1.165) is 19.6 Å². The van der Waals surface area contributed by atoms with Gasteiger partial charge in [0, 0.05) is 63.6 Å². The minimum atomic E-state index is -0.186. The van der Waals surface area contributed by atoms with Crippen molar-refractivity contribution in [1.82, 2.24) is 24.7 Å². The van der Waals surface area contributed by atoms with E-state index in [1.807, 2.05) is 44.0 Å². The fraction of sp³-hybridized carbons (Fsp3) is 0.500. The average molecular weight is 396 g/mol. The molecule has 2 aliphatic rings. The normalized spacial score (nSPS) is 20.8. The van der Waals surface area contributed by atoms with E-state index in [1.165, 1.54) is 5.56 Å². The second kappa shape index (κ2) is 7.63. The first-order chi connectivity index (χ1) is 13.9. The Kier molecular flexibility index (Phi) is 5.17. The van der Waals surface area contributed by atoms with Gasteiger partial charge in [0.15, 0.2) is 5.82 Å². The van der Waals surface area contributed by atoms with E-state index in [1.54, 1.807) is 17.0 Å². The van der Waals surface area contributed by atoms with Gasteiger partial charge in [-0.3, -0.25) is 14.5 Å². The van der Waals surface area contributed by atoms with Crippen LogP contribution in [0.1, 0.15) is 30.0 Å². The van der Waals surface area contributed by atoms with Gasteiger partial charge in [-0.15, -0.1) is 0 Å². The van der Waals surface area contributed by atoms with Crippen molar-refractivity contribution in [3.05, 3.63) is 54.1 Å². The van der Waals surface area contributed by atoms with Crippen molar-refractivity contribution in [2.45, 2.75) is 26.4 Å². The van der Waals surface area contributed by atoms with Crippen LogP contribution >= 0.6 is 0 Å². The molecule has 2 saturated heterocycles. The first-order valence-electron chi connectivity index (χ1n) is 10.2. The monoisotopic (exact) mass is 395 g/mol. The quantitative estimate of drug-likeness (QED) is 0.833. The molecule has 1 spiro atoms. The molecule has 1 unspecified atom stereocenters. The van der Waals surface area contributed by atoms with Crippen LogP contribution in [0.4, 0.5) is 0 Å². The molecular formula is C22H29N5O2. The van der Waals surface area contributed by atoms with Crippen molar-refractivity contribution in [2.24, 2.45) is 18.4 Å². The van der Waals surface area contributed by atoms with Gasteiger partial charge in [-0.2, -0.15) is 0 Å². The number of aryl methyl sites for hydroxylation is 1. The van der Waals surface area contributed by atoms with Crippen molar-refractivity contribution in [1.29, 1.82) is 0 Å². The molecule has 29 heavy (non-hydrogen) atoms. The second-order valence-corrected chi connectivity index (χ2v) is 8.76. The van der Waals surface area contributed by atoms with Crippen LogP contribution in [0.25, 0.3) is 0 Å². The molecule has 2 amide bonds. The summed E-state index contributed by atoms with van der Waals surface area (Å²) in [5.41, 5.74) is 1.06. The highest BCUT2D eigenvalue weighted by molar-refractivity contribution is 5.92. The molecule has 1 N–H and O–H groups in total. The van der Waals surface area contributed by atoms with Crippen LogP contribution < -0.4 is 5.32 Å². The number of nitrogens with zero attached hydrogens (tertiary/aromatic N) is 4. The molecule has 1 aromatic heterocycles. The zero-order chi connectivity index (χ0) is 20.6. The van der Waals surface area contributed by atoms with Gasteiger partial charge in [0.05, 0.1) is 5.92 Å². The molecule has 4 rings (SSSR count). The Morgan fingerprint density at radius 2 is 1.93 bits per heavy atom. The predicted octanol–water partition coefficient (Wildman–Crippen LogP) is 1.52. The maximum absolute atomic E-state index is 13.0. The van der Waals surface area contributed by atoms with Crippen LogP contribution in [0, 0.1) is 11.3 Å². The van der Waals surface area contributed by atoms with Gasteiger partial charge >= 0.3 is 0 Å². The SMILES string of the molecule is CC(C)NC(=O)C1CN(Cc2ccccc2)CC12CN(C(=O)c1nccn1C)C2. The maximum atomic E-state index is 13.0. The Balaban J connectivity index is 1.49. The van der Waals surface area contributed by atoms with Gasteiger partial charge in [0.25, 0.3) is 5.91 Å². The summed E-state index contributed by atoms with van der Waals surface area (Å²) in [5, 5.41) is 3.09. The molecule has 0 radical (unpaired) electrons. The number of likely N-dealkylation sites (tertiary alicyclic amines) is 2. The molecule has 0 bridgehead atoms. The standard InChI is InChI=1S/C22H29N5O2/c1-16(2)24-20(28)18-12-26(11-17-7-5-4-6-8-17)13-22(18)14-27(15-22)21(29)19-23-9-10-25(19)3/h4-10,16,18H,11-15H2,1-3H3,(H,24,28). The molecular weight excluding hydrogens is 366 g/mol. The van der Waals surface area contributed by atoms with Crippen molar-refractivity contribution in [3.63, 3.8) is 0 Å². The Morgan fingerprint density at radius 1 is 1.21 bits per heavy atom. The number of imidazole rings is 1. The number of amides is 2. The third-order valence-corrected chi connectivity index (χ3v) is 6.03. The molecule has 1 aromatic carbocycles. The van der Waals surface area contributed by atoms with E-state index in [0.29, 0.717) is 18.9 Å². The Bertz CT molecular complexity index is 886. The topological polar surface area (TPSA) is 70.5 Å². The van der Waals surface area contributed by atoms with Crippen LogP contribution in [-0.4, -0.2) is 63.4 Å². The molecule has 2 aromatic rings. The molecule has 2 fully saturated rings. The molecule has 7 heteroatoms. The van der Waals surface area contributed by atoms with Gasteiger partial charge in [0.1, 0.15) is 0 Å².